The van der Waals surface area contributed by atoms with E-state index in [1.54, 1.807) is 0 Å². The molecular formula is C14H20F2N2O. The van der Waals surface area contributed by atoms with Crippen molar-refractivity contribution in [2.24, 2.45) is 5.73 Å². The lowest BCUT2D eigenvalue weighted by atomic mass is 10.0. The Morgan fingerprint density at radius 1 is 1.47 bits per heavy atom. The summed E-state index contributed by atoms with van der Waals surface area (Å²) >= 11 is 0. The van der Waals surface area contributed by atoms with Crippen LogP contribution in [0.2, 0.25) is 0 Å². The van der Waals surface area contributed by atoms with E-state index in [4.69, 9.17) is 10.5 Å². The lowest BCUT2D eigenvalue weighted by molar-refractivity contribution is 0.0188. The number of hydrogen-bond acceptors (Lipinski definition) is 3. The molecule has 1 saturated heterocycles. The number of halogens is 2. The Morgan fingerprint density at radius 3 is 2.89 bits per heavy atom. The summed E-state index contributed by atoms with van der Waals surface area (Å²) < 4.78 is 32.6. The molecule has 1 aliphatic rings. The number of nitrogens with two attached hydrogens (primary N) is 1. The van der Waals surface area contributed by atoms with Crippen molar-refractivity contribution in [3.63, 3.8) is 0 Å². The maximum Gasteiger partial charge on any atom is 0.128 e. The molecule has 1 aliphatic heterocycles. The molecule has 1 aromatic rings. The zero-order valence-electron chi connectivity index (χ0n) is 11.1. The van der Waals surface area contributed by atoms with Crippen molar-refractivity contribution in [2.45, 2.75) is 31.4 Å². The largest absolute Gasteiger partial charge is 0.374 e. The SMILES string of the molecule is CC1(CNC(CN)c2cc(F)ccc2F)CCCO1. The summed E-state index contributed by atoms with van der Waals surface area (Å²) in [6.45, 7) is 3.55. The van der Waals surface area contributed by atoms with Crippen LogP contribution in [0.25, 0.3) is 0 Å². The Labute approximate surface area is 112 Å². The van der Waals surface area contributed by atoms with E-state index in [0.717, 1.165) is 31.6 Å². The Balaban J connectivity index is 2.05. The van der Waals surface area contributed by atoms with E-state index >= 15 is 0 Å². The van der Waals surface area contributed by atoms with Gasteiger partial charge in [-0.05, 0) is 38.0 Å². The van der Waals surface area contributed by atoms with Crippen molar-refractivity contribution in [3.05, 3.63) is 35.4 Å². The fraction of sp³-hybridized carbons (Fsp3) is 0.571. The summed E-state index contributed by atoms with van der Waals surface area (Å²) in [7, 11) is 0. The molecule has 0 spiro atoms. The molecule has 1 heterocycles. The summed E-state index contributed by atoms with van der Waals surface area (Å²) in [4.78, 5) is 0. The monoisotopic (exact) mass is 270 g/mol. The fourth-order valence-electron chi connectivity index (χ4n) is 2.42. The van der Waals surface area contributed by atoms with Gasteiger partial charge < -0.3 is 15.8 Å². The van der Waals surface area contributed by atoms with E-state index in [2.05, 4.69) is 5.32 Å². The zero-order chi connectivity index (χ0) is 13.9. The molecule has 3 nitrogen and oxygen atoms in total. The highest BCUT2D eigenvalue weighted by Crippen LogP contribution is 2.25. The molecule has 1 fully saturated rings. The molecule has 0 amide bonds. The maximum atomic E-state index is 13.7. The first-order valence-electron chi connectivity index (χ1n) is 6.56. The second kappa shape index (κ2) is 5.94. The number of ether oxygens (including phenoxy) is 1. The number of nitrogens with one attached hydrogen (secondary N) is 1. The van der Waals surface area contributed by atoms with Gasteiger partial charge >= 0.3 is 0 Å². The average molecular weight is 270 g/mol. The Bertz CT molecular complexity index is 433. The van der Waals surface area contributed by atoms with Crippen LogP contribution in [0.1, 0.15) is 31.4 Å². The van der Waals surface area contributed by atoms with Gasteiger partial charge in [-0.15, -0.1) is 0 Å². The average Bonchev–Trinajstić information content (AvgIpc) is 2.81. The van der Waals surface area contributed by atoms with Gasteiger partial charge in [-0.1, -0.05) is 0 Å². The van der Waals surface area contributed by atoms with E-state index in [9.17, 15) is 8.78 Å². The molecule has 0 aliphatic carbocycles. The van der Waals surface area contributed by atoms with Gasteiger partial charge in [0.1, 0.15) is 11.6 Å². The standard InChI is InChI=1S/C14H20F2N2O/c1-14(5-2-6-19-14)9-18-13(8-17)11-7-10(15)3-4-12(11)16/h3-4,7,13,18H,2,5-6,8-9,17H2,1H3. The number of benzene rings is 1. The first-order chi connectivity index (χ1) is 9.04. The van der Waals surface area contributed by atoms with Crippen molar-refractivity contribution < 1.29 is 13.5 Å². The zero-order valence-corrected chi connectivity index (χ0v) is 11.1. The predicted molar refractivity (Wildman–Crippen MR) is 69.7 cm³/mol. The molecule has 3 N–H and O–H groups in total. The van der Waals surface area contributed by atoms with Crippen LogP contribution in [-0.4, -0.2) is 25.3 Å². The van der Waals surface area contributed by atoms with E-state index in [-0.39, 0.29) is 17.7 Å². The van der Waals surface area contributed by atoms with Gasteiger partial charge in [-0.2, -0.15) is 0 Å². The summed E-state index contributed by atoms with van der Waals surface area (Å²) in [5.41, 5.74) is 5.69. The lowest BCUT2D eigenvalue weighted by Gasteiger charge is -2.27. The van der Waals surface area contributed by atoms with Crippen LogP contribution in [-0.2, 0) is 4.74 Å². The first kappa shape index (κ1) is 14.4. The third kappa shape index (κ3) is 3.49. The Kier molecular flexibility index (Phi) is 4.50. The predicted octanol–water partition coefficient (Wildman–Crippen LogP) is 2.12. The Morgan fingerprint density at radius 2 is 2.26 bits per heavy atom. The number of rotatable bonds is 5. The molecule has 2 rings (SSSR count). The molecule has 19 heavy (non-hydrogen) atoms. The maximum absolute atomic E-state index is 13.7. The molecule has 2 unspecified atom stereocenters. The summed E-state index contributed by atoms with van der Waals surface area (Å²) in [6, 6.07) is 3.02. The van der Waals surface area contributed by atoms with Gasteiger partial charge in [0.2, 0.25) is 0 Å². The van der Waals surface area contributed by atoms with Crippen molar-refractivity contribution in [1.82, 2.24) is 5.32 Å². The second-order valence-corrected chi connectivity index (χ2v) is 5.24. The molecule has 0 saturated carbocycles. The smallest absolute Gasteiger partial charge is 0.128 e. The van der Waals surface area contributed by atoms with Gasteiger partial charge in [0.25, 0.3) is 0 Å². The molecular weight excluding hydrogens is 250 g/mol. The highest BCUT2D eigenvalue weighted by Gasteiger charge is 2.30. The third-order valence-corrected chi connectivity index (χ3v) is 3.59. The molecule has 5 heteroatoms. The molecule has 0 radical (unpaired) electrons. The van der Waals surface area contributed by atoms with Gasteiger partial charge in [0.05, 0.1) is 5.60 Å². The molecule has 106 valence electrons. The van der Waals surface area contributed by atoms with Crippen molar-refractivity contribution >= 4 is 0 Å². The topological polar surface area (TPSA) is 47.3 Å². The summed E-state index contributed by atoms with van der Waals surface area (Å²) in [5, 5.41) is 3.18. The minimum absolute atomic E-state index is 0.205. The van der Waals surface area contributed by atoms with Gasteiger partial charge in [-0.3, -0.25) is 0 Å². The van der Waals surface area contributed by atoms with E-state index in [1.807, 2.05) is 6.92 Å². The molecule has 0 aromatic heterocycles. The van der Waals surface area contributed by atoms with Crippen molar-refractivity contribution in [2.75, 3.05) is 19.7 Å². The van der Waals surface area contributed by atoms with Crippen LogP contribution in [0.3, 0.4) is 0 Å². The van der Waals surface area contributed by atoms with E-state index in [1.165, 1.54) is 6.07 Å². The Hall–Kier alpha value is -1.04. The third-order valence-electron chi connectivity index (χ3n) is 3.59. The molecule has 1 aromatic carbocycles. The highest BCUT2D eigenvalue weighted by atomic mass is 19.1. The lowest BCUT2D eigenvalue weighted by Crippen LogP contribution is -2.41. The van der Waals surface area contributed by atoms with Crippen LogP contribution in [0, 0.1) is 11.6 Å². The number of hydrogen-bond donors (Lipinski definition) is 2. The molecule has 2 atom stereocenters. The first-order valence-corrected chi connectivity index (χ1v) is 6.56. The van der Waals surface area contributed by atoms with Crippen LogP contribution in [0.4, 0.5) is 8.78 Å². The van der Waals surface area contributed by atoms with Crippen molar-refractivity contribution in [3.8, 4) is 0 Å². The second-order valence-electron chi connectivity index (χ2n) is 5.24. The van der Waals surface area contributed by atoms with E-state index in [0.29, 0.717) is 6.54 Å². The van der Waals surface area contributed by atoms with E-state index < -0.39 is 17.7 Å². The summed E-state index contributed by atoms with van der Waals surface area (Å²) in [6.07, 6.45) is 1.99. The molecule has 0 bridgehead atoms. The summed E-state index contributed by atoms with van der Waals surface area (Å²) in [5.74, 6) is -0.901. The normalized spacial score (nSPS) is 24.6. The van der Waals surface area contributed by atoms with Crippen LogP contribution >= 0.6 is 0 Å². The minimum atomic E-state index is -0.458. The van der Waals surface area contributed by atoms with Gasteiger partial charge in [0, 0.05) is 31.3 Å². The quantitative estimate of drug-likeness (QED) is 0.861. The van der Waals surface area contributed by atoms with Crippen molar-refractivity contribution in [1.29, 1.82) is 0 Å². The van der Waals surface area contributed by atoms with Crippen LogP contribution < -0.4 is 11.1 Å². The van der Waals surface area contributed by atoms with Gasteiger partial charge in [-0.25, -0.2) is 8.78 Å². The van der Waals surface area contributed by atoms with Gasteiger partial charge in [0.15, 0.2) is 0 Å². The van der Waals surface area contributed by atoms with Crippen LogP contribution in [0.5, 0.6) is 0 Å². The highest BCUT2D eigenvalue weighted by molar-refractivity contribution is 5.22. The van der Waals surface area contributed by atoms with Crippen LogP contribution in [0.15, 0.2) is 18.2 Å². The minimum Gasteiger partial charge on any atom is -0.374 e. The fourth-order valence-corrected chi connectivity index (χ4v) is 2.42.